The van der Waals surface area contributed by atoms with Crippen molar-refractivity contribution in [1.29, 1.82) is 0 Å². The van der Waals surface area contributed by atoms with Crippen molar-refractivity contribution in [2.75, 3.05) is 0 Å². The molecular formula is C14H20N2O3S. The van der Waals surface area contributed by atoms with Crippen molar-refractivity contribution in [1.82, 2.24) is 5.32 Å². The van der Waals surface area contributed by atoms with E-state index in [1.807, 2.05) is 0 Å². The van der Waals surface area contributed by atoms with E-state index >= 15 is 0 Å². The summed E-state index contributed by atoms with van der Waals surface area (Å²) in [7, 11) is -3.89. The van der Waals surface area contributed by atoms with Gasteiger partial charge in [0.1, 0.15) is 0 Å². The van der Waals surface area contributed by atoms with Gasteiger partial charge in [-0.3, -0.25) is 4.79 Å². The molecule has 5 nitrogen and oxygen atoms in total. The SMILES string of the molecule is CC1CCC(NC(=O)c2ccccc2S(N)(=O)=O)CC1. The van der Waals surface area contributed by atoms with Gasteiger partial charge < -0.3 is 5.32 Å². The maximum absolute atomic E-state index is 12.2. The van der Waals surface area contributed by atoms with Gasteiger partial charge in [0.25, 0.3) is 5.91 Å². The van der Waals surface area contributed by atoms with Gasteiger partial charge in [0.15, 0.2) is 0 Å². The van der Waals surface area contributed by atoms with Crippen LogP contribution in [0.15, 0.2) is 29.2 Å². The summed E-state index contributed by atoms with van der Waals surface area (Å²) in [4.78, 5) is 12.1. The van der Waals surface area contributed by atoms with Crippen LogP contribution in [-0.2, 0) is 10.0 Å². The molecule has 0 heterocycles. The Balaban J connectivity index is 2.14. The molecule has 0 radical (unpaired) electrons. The third-order valence-corrected chi connectivity index (χ3v) is 4.76. The standard InChI is InChI=1S/C14H20N2O3S/c1-10-6-8-11(9-7-10)16-14(17)12-4-2-3-5-13(12)20(15,18)19/h2-5,10-11H,6-9H2,1H3,(H,16,17)(H2,15,18,19). The second-order valence-electron chi connectivity index (χ2n) is 5.47. The van der Waals surface area contributed by atoms with Gasteiger partial charge in [-0.05, 0) is 43.7 Å². The topological polar surface area (TPSA) is 89.3 Å². The summed E-state index contributed by atoms with van der Waals surface area (Å²) < 4.78 is 23.0. The molecule has 0 aromatic heterocycles. The number of nitrogens with one attached hydrogen (secondary N) is 1. The highest BCUT2D eigenvalue weighted by Gasteiger charge is 2.23. The third-order valence-electron chi connectivity index (χ3n) is 3.79. The zero-order chi connectivity index (χ0) is 14.8. The fourth-order valence-corrected chi connectivity index (χ4v) is 3.31. The zero-order valence-electron chi connectivity index (χ0n) is 11.5. The normalized spacial score (nSPS) is 23.3. The van der Waals surface area contributed by atoms with Crippen molar-refractivity contribution in [3.8, 4) is 0 Å². The molecule has 1 amide bonds. The van der Waals surface area contributed by atoms with Gasteiger partial charge in [-0.15, -0.1) is 0 Å². The first kappa shape index (κ1) is 15.0. The Hall–Kier alpha value is -1.40. The summed E-state index contributed by atoms with van der Waals surface area (Å²) in [6, 6.07) is 6.14. The lowest BCUT2D eigenvalue weighted by Crippen LogP contribution is -2.38. The smallest absolute Gasteiger partial charge is 0.252 e. The molecule has 0 spiro atoms. The highest BCUT2D eigenvalue weighted by molar-refractivity contribution is 7.89. The van der Waals surface area contributed by atoms with Crippen molar-refractivity contribution >= 4 is 15.9 Å². The van der Waals surface area contributed by atoms with E-state index in [1.165, 1.54) is 12.1 Å². The minimum atomic E-state index is -3.89. The summed E-state index contributed by atoms with van der Waals surface area (Å²) in [6.07, 6.45) is 4.04. The summed E-state index contributed by atoms with van der Waals surface area (Å²) in [6.45, 7) is 2.20. The molecule has 0 unspecified atom stereocenters. The zero-order valence-corrected chi connectivity index (χ0v) is 12.3. The van der Waals surface area contributed by atoms with Crippen molar-refractivity contribution in [3.63, 3.8) is 0 Å². The van der Waals surface area contributed by atoms with E-state index in [-0.39, 0.29) is 22.4 Å². The van der Waals surface area contributed by atoms with Crippen LogP contribution in [0.1, 0.15) is 43.0 Å². The lowest BCUT2D eigenvalue weighted by Gasteiger charge is -2.27. The largest absolute Gasteiger partial charge is 0.349 e. The van der Waals surface area contributed by atoms with Crippen molar-refractivity contribution in [3.05, 3.63) is 29.8 Å². The van der Waals surface area contributed by atoms with Crippen LogP contribution < -0.4 is 10.5 Å². The Kier molecular flexibility index (Phi) is 4.45. The molecule has 3 N–H and O–H groups in total. The Bertz CT molecular complexity index is 590. The molecule has 110 valence electrons. The number of amides is 1. The van der Waals surface area contributed by atoms with E-state index < -0.39 is 10.0 Å². The van der Waals surface area contributed by atoms with Crippen molar-refractivity contribution < 1.29 is 13.2 Å². The minimum absolute atomic E-state index is 0.118. The highest BCUT2D eigenvalue weighted by atomic mass is 32.2. The molecule has 6 heteroatoms. The summed E-state index contributed by atoms with van der Waals surface area (Å²) >= 11 is 0. The van der Waals surface area contributed by atoms with Gasteiger partial charge in [-0.1, -0.05) is 19.1 Å². The summed E-state index contributed by atoms with van der Waals surface area (Å²) in [5.41, 5.74) is 0.119. The molecule has 1 aromatic carbocycles. The van der Waals surface area contributed by atoms with Gasteiger partial charge in [0, 0.05) is 6.04 Å². The lowest BCUT2D eigenvalue weighted by atomic mass is 9.87. The molecule has 0 aliphatic heterocycles. The van der Waals surface area contributed by atoms with Crippen molar-refractivity contribution in [2.24, 2.45) is 11.1 Å². The first-order valence-electron chi connectivity index (χ1n) is 6.80. The molecule has 20 heavy (non-hydrogen) atoms. The lowest BCUT2D eigenvalue weighted by molar-refractivity contribution is 0.0919. The Morgan fingerprint density at radius 1 is 1.20 bits per heavy atom. The summed E-state index contributed by atoms with van der Waals surface area (Å²) in [5.74, 6) is 0.328. The second-order valence-corrected chi connectivity index (χ2v) is 7.00. The average molecular weight is 296 g/mol. The fourth-order valence-electron chi connectivity index (χ4n) is 2.57. The number of carbonyl (C=O) groups is 1. The van der Waals surface area contributed by atoms with E-state index in [1.54, 1.807) is 12.1 Å². The van der Waals surface area contributed by atoms with Gasteiger partial charge >= 0.3 is 0 Å². The molecule has 0 atom stereocenters. The van der Waals surface area contributed by atoms with E-state index in [2.05, 4.69) is 12.2 Å². The van der Waals surface area contributed by atoms with E-state index in [0.717, 1.165) is 25.7 Å². The maximum atomic E-state index is 12.2. The Labute approximate surface area is 119 Å². The number of benzene rings is 1. The molecule has 1 aliphatic rings. The number of nitrogens with two attached hydrogens (primary N) is 1. The van der Waals surface area contributed by atoms with Gasteiger partial charge in [0.05, 0.1) is 10.5 Å². The number of rotatable bonds is 3. The fraction of sp³-hybridized carbons (Fsp3) is 0.500. The van der Waals surface area contributed by atoms with Crippen LogP contribution >= 0.6 is 0 Å². The van der Waals surface area contributed by atoms with Crippen LogP contribution in [0.4, 0.5) is 0 Å². The van der Waals surface area contributed by atoms with E-state index in [4.69, 9.17) is 5.14 Å². The first-order chi connectivity index (χ1) is 9.38. The number of carbonyl (C=O) groups excluding carboxylic acids is 1. The molecule has 0 saturated heterocycles. The Morgan fingerprint density at radius 2 is 1.80 bits per heavy atom. The number of primary sulfonamides is 1. The second kappa shape index (κ2) is 5.93. The van der Waals surface area contributed by atoms with Crippen LogP contribution in [0.5, 0.6) is 0 Å². The number of hydrogen-bond donors (Lipinski definition) is 2. The van der Waals surface area contributed by atoms with Gasteiger partial charge in [0.2, 0.25) is 10.0 Å². The molecule has 1 aliphatic carbocycles. The quantitative estimate of drug-likeness (QED) is 0.888. The van der Waals surface area contributed by atoms with E-state index in [0.29, 0.717) is 5.92 Å². The molecule has 2 rings (SSSR count). The average Bonchev–Trinajstić information content (AvgIpc) is 2.40. The van der Waals surface area contributed by atoms with Crippen LogP contribution in [0.2, 0.25) is 0 Å². The van der Waals surface area contributed by atoms with Crippen LogP contribution in [0.25, 0.3) is 0 Å². The predicted molar refractivity (Wildman–Crippen MR) is 76.7 cm³/mol. The van der Waals surface area contributed by atoms with Gasteiger partial charge in [-0.25, -0.2) is 13.6 Å². The van der Waals surface area contributed by atoms with E-state index in [9.17, 15) is 13.2 Å². The Morgan fingerprint density at radius 3 is 2.40 bits per heavy atom. The summed E-state index contributed by atoms with van der Waals surface area (Å²) in [5, 5.41) is 8.05. The predicted octanol–water partition coefficient (Wildman–Crippen LogP) is 1.64. The molecule has 0 bridgehead atoms. The molecular weight excluding hydrogens is 276 g/mol. The minimum Gasteiger partial charge on any atom is -0.349 e. The molecule has 1 fully saturated rings. The monoisotopic (exact) mass is 296 g/mol. The van der Waals surface area contributed by atoms with Crippen LogP contribution in [0.3, 0.4) is 0 Å². The molecule has 1 saturated carbocycles. The van der Waals surface area contributed by atoms with Crippen LogP contribution in [-0.4, -0.2) is 20.4 Å². The first-order valence-corrected chi connectivity index (χ1v) is 8.35. The highest BCUT2D eigenvalue weighted by Crippen LogP contribution is 2.24. The maximum Gasteiger partial charge on any atom is 0.252 e. The number of hydrogen-bond acceptors (Lipinski definition) is 3. The third kappa shape index (κ3) is 3.58. The van der Waals surface area contributed by atoms with Crippen LogP contribution in [0, 0.1) is 5.92 Å². The number of sulfonamides is 1. The molecule has 1 aromatic rings. The van der Waals surface area contributed by atoms with Gasteiger partial charge in [-0.2, -0.15) is 0 Å². The van der Waals surface area contributed by atoms with Crippen molar-refractivity contribution in [2.45, 2.75) is 43.5 Å².